The van der Waals surface area contributed by atoms with E-state index in [0.29, 0.717) is 22.8 Å². The van der Waals surface area contributed by atoms with E-state index in [1.165, 1.54) is 25.3 Å². The smallest absolute Gasteiger partial charge is 0.230 e. The van der Waals surface area contributed by atoms with Gasteiger partial charge in [-0.15, -0.1) is 11.8 Å². The van der Waals surface area contributed by atoms with Crippen molar-refractivity contribution in [2.75, 3.05) is 5.75 Å². The summed E-state index contributed by atoms with van der Waals surface area (Å²) in [5, 5.41) is 2.67. The number of thioether (sulfide) groups is 1. The molecule has 110 valence electrons. The number of Topliss-reactive ketones (excluding diaryl/α,β-unsaturated/α-hetero) is 1. The Balaban J connectivity index is 1.85. The largest absolute Gasteiger partial charge is 0.467 e. The van der Waals surface area contributed by atoms with Gasteiger partial charge in [-0.3, -0.25) is 9.59 Å². The molecule has 0 unspecified atom stereocenters. The van der Waals surface area contributed by atoms with Gasteiger partial charge in [-0.2, -0.15) is 0 Å². The lowest BCUT2D eigenvalue weighted by Gasteiger charge is -2.05. The number of ketones is 1. The summed E-state index contributed by atoms with van der Waals surface area (Å²) in [5.41, 5.74) is 0.319. The molecule has 0 fully saturated rings. The molecule has 21 heavy (non-hydrogen) atoms. The zero-order chi connectivity index (χ0) is 15.2. The van der Waals surface area contributed by atoms with Crippen molar-refractivity contribution in [2.45, 2.75) is 18.4 Å². The molecule has 1 aromatic carbocycles. The zero-order valence-electron chi connectivity index (χ0n) is 11.4. The summed E-state index contributed by atoms with van der Waals surface area (Å²) in [6.45, 7) is 1.68. The van der Waals surface area contributed by atoms with Crippen LogP contribution < -0.4 is 5.32 Å². The van der Waals surface area contributed by atoms with Gasteiger partial charge in [0.05, 0.1) is 18.6 Å². The third-order valence-corrected chi connectivity index (χ3v) is 3.79. The Kier molecular flexibility index (Phi) is 5.16. The van der Waals surface area contributed by atoms with Gasteiger partial charge in [0.25, 0.3) is 0 Å². The molecule has 0 aliphatic carbocycles. The summed E-state index contributed by atoms with van der Waals surface area (Å²) in [7, 11) is 0. The van der Waals surface area contributed by atoms with Crippen molar-refractivity contribution in [1.82, 2.24) is 5.32 Å². The Labute approximate surface area is 125 Å². The average Bonchev–Trinajstić information content (AvgIpc) is 2.97. The minimum atomic E-state index is -0.494. The van der Waals surface area contributed by atoms with Crippen LogP contribution in [0, 0.1) is 5.82 Å². The van der Waals surface area contributed by atoms with Gasteiger partial charge in [0, 0.05) is 10.5 Å². The van der Waals surface area contributed by atoms with Crippen LogP contribution in [0.1, 0.15) is 23.0 Å². The lowest BCUT2D eigenvalue weighted by molar-refractivity contribution is -0.118. The molecule has 1 amide bonds. The number of halogens is 1. The molecule has 2 rings (SSSR count). The van der Waals surface area contributed by atoms with E-state index in [2.05, 4.69) is 5.32 Å². The number of furan rings is 1. The maximum atomic E-state index is 13.8. The summed E-state index contributed by atoms with van der Waals surface area (Å²) in [5.74, 6) is -0.151. The van der Waals surface area contributed by atoms with Gasteiger partial charge >= 0.3 is 0 Å². The van der Waals surface area contributed by atoms with Crippen LogP contribution in [0.2, 0.25) is 0 Å². The van der Waals surface area contributed by atoms with Gasteiger partial charge in [0.2, 0.25) is 5.91 Å². The maximum absolute atomic E-state index is 13.8. The SMILES string of the molecule is CC(=O)c1ccc(SCC(=O)NCc2ccco2)c(F)c1. The predicted octanol–water partition coefficient (Wildman–Crippen LogP) is 3.03. The number of hydrogen-bond acceptors (Lipinski definition) is 4. The molecule has 0 saturated carbocycles. The van der Waals surface area contributed by atoms with Gasteiger partial charge in [-0.05, 0) is 31.2 Å². The first kappa shape index (κ1) is 15.3. The number of rotatable bonds is 6. The van der Waals surface area contributed by atoms with Crippen LogP contribution in [-0.2, 0) is 11.3 Å². The van der Waals surface area contributed by atoms with Crippen molar-refractivity contribution < 1.29 is 18.4 Å². The lowest BCUT2D eigenvalue weighted by atomic mass is 10.1. The number of hydrogen-bond donors (Lipinski definition) is 1. The number of carbonyl (C=O) groups excluding carboxylic acids is 2. The molecule has 6 heteroatoms. The average molecular weight is 307 g/mol. The van der Waals surface area contributed by atoms with E-state index >= 15 is 0 Å². The molecule has 0 saturated heterocycles. The highest BCUT2D eigenvalue weighted by Gasteiger charge is 2.09. The van der Waals surface area contributed by atoms with E-state index in [-0.39, 0.29) is 17.4 Å². The minimum absolute atomic E-state index is 0.0943. The first-order valence-electron chi connectivity index (χ1n) is 6.28. The number of benzene rings is 1. The van der Waals surface area contributed by atoms with Crippen LogP contribution in [0.25, 0.3) is 0 Å². The van der Waals surface area contributed by atoms with Crippen LogP contribution in [-0.4, -0.2) is 17.4 Å². The first-order chi connectivity index (χ1) is 10.1. The lowest BCUT2D eigenvalue weighted by Crippen LogP contribution is -2.24. The van der Waals surface area contributed by atoms with Crippen LogP contribution in [0.15, 0.2) is 45.9 Å². The van der Waals surface area contributed by atoms with Crippen molar-refractivity contribution in [3.63, 3.8) is 0 Å². The van der Waals surface area contributed by atoms with E-state index in [9.17, 15) is 14.0 Å². The van der Waals surface area contributed by atoms with E-state index < -0.39 is 5.82 Å². The molecule has 0 bridgehead atoms. The quantitative estimate of drug-likeness (QED) is 0.658. The summed E-state index contributed by atoms with van der Waals surface area (Å²) in [6, 6.07) is 7.74. The Morgan fingerprint density at radius 2 is 2.14 bits per heavy atom. The molecule has 0 atom stereocenters. The fourth-order valence-electron chi connectivity index (χ4n) is 1.63. The molecular weight excluding hydrogens is 293 g/mol. The van der Waals surface area contributed by atoms with Gasteiger partial charge in [-0.1, -0.05) is 6.07 Å². The Bertz CT molecular complexity index is 640. The van der Waals surface area contributed by atoms with Crippen LogP contribution in [0.3, 0.4) is 0 Å². The summed E-state index contributed by atoms with van der Waals surface area (Å²) in [6.07, 6.45) is 1.53. The third kappa shape index (κ3) is 4.46. The number of carbonyl (C=O) groups is 2. The fourth-order valence-corrected chi connectivity index (χ4v) is 2.38. The van der Waals surface area contributed by atoms with Gasteiger partial charge in [0.1, 0.15) is 11.6 Å². The molecule has 1 aromatic heterocycles. The molecule has 2 aromatic rings. The topological polar surface area (TPSA) is 59.3 Å². The monoisotopic (exact) mass is 307 g/mol. The Morgan fingerprint density at radius 1 is 1.33 bits per heavy atom. The van der Waals surface area contributed by atoms with Crippen molar-refractivity contribution in [2.24, 2.45) is 0 Å². The van der Waals surface area contributed by atoms with E-state index in [0.717, 1.165) is 11.8 Å². The molecule has 0 aliphatic heterocycles. The molecule has 1 heterocycles. The maximum Gasteiger partial charge on any atom is 0.230 e. The third-order valence-electron chi connectivity index (χ3n) is 2.74. The highest BCUT2D eigenvalue weighted by molar-refractivity contribution is 8.00. The number of nitrogens with one attached hydrogen (secondary N) is 1. The second-order valence-electron chi connectivity index (χ2n) is 4.35. The molecular formula is C15H14FNO3S. The zero-order valence-corrected chi connectivity index (χ0v) is 12.2. The molecule has 0 radical (unpaired) electrons. The molecule has 4 nitrogen and oxygen atoms in total. The van der Waals surface area contributed by atoms with Crippen molar-refractivity contribution in [1.29, 1.82) is 0 Å². The standard InChI is InChI=1S/C15H14FNO3S/c1-10(18)11-4-5-14(13(16)7-11)21-9-15(19)17-8-12-3-2-6-20-12/h2-7H,8-9H2,1H3,(H,17,19). The highest BCUT2D eigenvalue weighted by atomic mass is 32.2. The van der Waals surface area contributed by atoms with Crippen LogP contribution in [0.5, 0.6) is 0 Å². The second-order valence-corrected chi connectivity index (χ2v) is 5.36. The first-order valence-corrected chi connectivity index (χ1v) is 7.27. The predicted molar refractivity (Wildman–Crippen MR) is 77.7 cm³/mol. The Hall–Kier alpha value is -2.08. The summed E-state index contributed by atoms with van der Waals surface area (Å²) in [4.78, 5) is 23.1. The second kappa shape index (κ2) is 7.08. The van der Waals surface area contributed by atoms with Gasteiger partial charge in [-0.25, -0.2) is 4.39 Å². The van der Waals surface area contributed by atoms with Crippen molar-refractivity contribution in [3.05, 3.63) is 53.7 Å². The normalized spacial score (nSPS) is 10.4. The van der Waals surface area contributed by atoms with Gasteiger partial charge < -0.3 is 9.73 Å². The molecule has 0 spiro atoms. The fraction of sp³-hybridized carbons (Fsp3) is 0.200. The summed E-state index contributed by atoms with van der Waals surface area (Å²) < 4.78 is 18.8. The number of amides is 1. The van der Waals surface area contributed by atoms with Crippen LogP contribution >= 0.6 is 11.8 Å². The van der Waals surface area contributed by atoms with Crippen LogP contribution in [0.4, 0.5) is 4.39 Å². The van der Waals surface area contributed by atoms with E-state index in [1.807, 2.05) is 0 Å². The Morgan fingerprint density at radius 3 is 2.76 bits per heavy atom. The molecule has 0 aliphatic rings. The van der Waals surface area contributed by atoms with Crippen molar-refractivity contribution in [3.8, 4) is 0 Å². The van der Waals surface area contributed by atoms with E-state index in [4.69, 9.17) is 4.42 Å². The minimum Gasteiger partial charge on any atom is -0.467 e. The molecule has 1 N–H and O–H groups in total. The highest BCUT2D eigenvalue weighted by Crippen LogP contribution is 2.22. The summed E-state index contributed by atoms with van der Waals surface area (Å²) >= 11 is 1.08. The van der Waals surface area contributed by atoms with Crippen molar-refractivity contribution >= 4 is 23.5 Å². The van der Waals surface area contributed by atoms with Gasteiger partial charge in [0.15, 0.2) is 5.78 Å². The van der Waals surface area contributed by atoms with E-state index in [1.54, 1.807) is 18.2 Å².